The van der Waals surface area contributed by atoms with Crippen molar-refractivity contribution in [1.82, 2.24) is 10.2 Å². The number of para-hydroxylation sites is 1. The molecule has 1 aromatic carbocycles. The summed E-state index contributed by atoms with van der Waals surface area (Å²) in [6, 6.07) is 7.59. The van der Waals surface area contributed by atoms with E-state index in [4.69, 9.17) is 4.74 Å². The lowest BCUT2D eigenvalue weighted by Crippen LogP contribution is -2.38. The smallest absolute Gasteiger partial charge is 0.413 e. The third-order valence-electron chi connectivity index (χ3n) is 4.07. The zero-order valence-corrected chi connectivity index (χ0v) is 17.5. The summed E-state index contributed by atoms with van der Waals surface area (Å²) in [5.74, 6) is 0.394. The Morgan fingerprint density at radius 2 is 1.79 bits per heavy atom. The van der Waals surface area contributed by atoms with E-state index < -0.39 is 11.7 Å². The maximum atomic E-state index is 13.2. The van der Waals surface area contributed by atoms with Crippen LogP contribution < -0.4 is 5.32 Å². The van der Waals surface area contributed by atoms with Crippen molar-refractivity contribution in [2.75, 3.05) is 13.1 Å². The van der Waals surface area contributed by atoms with Gasteiger partial charge in [0.2, 0.25) is 5.91 Å². The summed E-state index contributed by atoms with van der Waals surface area (Å²) in [5.41, 5.74) is 1.58. The van der Waals surface area contributed by atoms with Gasteiger partial charge in [0.15, 0.2) is 0 Å². The summed E-state index contributed by atoms with van der Waals surface area (Å²) in [4.78, 5) is 31.8. The van der Waals surface area contributed by atoms with Gasteiger partial charge in [-0.3, -0.25) is 10.1 Å². The monoisotopic (exact) mass is 385 g/mol. The van der Waals surface area contributed by atoms with Crippen LogP contribution in [-0.2, 0) is 9.53 Å². The Bertz CT molecular complexity index is 769. The molecule has 1 aromatic rings. The molecule has 6 nitrogen and oxygen atoms in total. The molecule has 0 saturated heterocycles. The Morgan fingerprint density at radius 1 is 1.14 bits per heavy atom. The number of hydrogen-bond acceptors (Lipinski definition) is 4. The highest BCUT2D eigenvalue weighted by Gasteiger charge is 2.24. The molecule has 1 N–H and O–H groups in total. The van der Waals surface area contributed by atoms with Crippen LogP contribution in [0.2, 0.25) is 0 Å². The minimum atomic E-state index is -0.610. The average Bonchev–Trinajstić information content (AvgIpc) is 2.78. The lowest BCUT2D eigenvalue weighted by molar-refractivity contribution is -0.127. The highest BCUT2D eigenvalue weighted by Crippen LogP contribution is 2.27. The van der Waals surface area contributed by atoms with Gasteiger partial charge in [0.05, 0.1) is 5.69 Å². The van der Waals surface area contributed by atoms with Crippen LogP contribution >= 0.6 is 0 Å². The predicted molar refractivity (Wildman–Crippen MR) is 113 cm³/mol. The first-order valence-corrected chi connectivity index (χ1v) is 9.90. The van der Waals surface area contributed by atoms with Crippen molar-refractivity contribution in [3.63, 3.8) is 0 Å². The molecule has 2 rings (SSSR count). The van der Waals surface area contributed by atoms with Gasteiger partial charge in [-0.2, -0.15) is 0 Å². The van der Waals surface area contributed by atoms with E-state index in [0.717, 1.165) is 18.4 Å². The van der Waals surface area contributed by atoms with Gasteiger partial charge in [0.25, 0.3) is 0 Å². The van der Waals surface area contributed by atoms with Crippen molar-refractivity contribution >= 4 is 29.6 Å². The molecule has 0 aromatic heterocycles. The van der Waals surface area contributed by atoms with Crippen LogP contribution in [0.15, 0.2) is 34.8 Å². The van der Waals surface area contributed by atoms with Gasteiger partial charge in [-0.25, -0.2) is 9.79 Å². The first kappa shape index (κ1) is 21.7. The van der Waals surface area contributed by atoms with Crippen LogP contribution in [0.4, 0.5) is 10.5 Å². The lowest BCUT2D eigenvalue weighted by atomic mass is 10.1. The van der Waals surface area contributed by atoms with Crippen molar-refractivity contribution in [3.8, 4) is 0 Å². The standard InChI is InChI=1S/C22H31N3O3/c1-6-12-25(13-7-2)20(26)17-14-16-10-8-9-11-18(16)23-19(15-17)24-21(27)28-22(3,4)5/h8-11,14H,6-7,12-13,15H2,1-5H3,(H,23,24,27). The molecule has 2 amide bonds. The topological polar surface area (TPSA) is 71.0 Å². The summed E-state index contributed by atoms with van der Waals surface area (Å²) < 4.78 is 5.34. The summed E-state index contributed by atoms with van der Waals surface area (Å²) in [6.07, 6.45) is 3.34. The first-order valence-electron chi connectivity index (χ1n) is 9.90. The number of fused-ring (bicyclic) bond motifs is 1. The Balaban J connectivity index is 2.32. The maximum absolute atomic E-state index is 13.2. The number of ether oxygens (including phenoxy) is 1. The van der Waals surface area contributed by atoms with Gasteiger partial charge < -0.3 is 9.64 Å². The highest BCUT2D eigenvalue weighted by molar-refractivity contribution is 6.08. The fourth-order valence-electron chi connectivity index (χ4n) is 3.00. The van der Waals surface area contributed by atoms with Gasteiger partial charge in [0, 0.05) is 30.6 Å². The number of amidine groups is 1. The second-order valence-corrected chi connectivity index (χ2v) is 7.88. The minimum absolute atomic E-state index is 0.0147. The number of nitrogens with zero attached hydrogens (tertiary/aromatic N) is 2. The van der Waals surface area contributed by atoms with Crippen molar-refractivity contribution in [2.24, 2.45) is 4.99 Å². The molecule has 0 fully saturated rings. The summed E-state index contributed by atoms with van der Waals surface area (Å²) >= 11 is 0. The van der Waals surface area contributed by atoms with E-state index in [2.05, 4.69) is 24.2 Å². The molecule has 0 saturated carbocycles. The molecule has 6 heteroatoms. The number of alkyl carbamates (subject to hydrolysis) is 1. The number of amides is 2. The number of rotatable bonds is 5. The Hall–Kier alpha value is -2.63. The van der Waals surface area contributed by atoms with E-state index in [0.29, 0.717) is 30.2 Å². The fourth-order valence-corrected chi connectivity index (χ4v) is 3.00. The van der Waals surface area contributed by atoms with Crippen molar-refractivity contribution in [3.05, 3.63) is 35.4 Å². The van der Waals surface area contributed by atoms with Crippen LogP contribution in [-0.4, -0.2) is 41.4 Å². The maximum Gasteiger partial charge on any atom is 0.413 e. The normalized spacial score (nSPS) is 13.6. The van der Waals surface area contributed by atoms with E-state index in [1.54, 1.807) is 20.8 Å². The van der Waals surface area contributed by atoms with E-state index in [-0.39, 0.29) is 12.3 Å². The van der Waals surface area contributed by atoms with Crippen LogP contribution in [0.1, 0.15) is 59.4 Å². The quantitative estimate of drug-likeness (QED) is 0.800. The van der Waals surface area contributed by atoms with Crippen LogP contribution in [0.25, 0.3) is 6.08 Å². The number of benzene rings is 1. The molecule has 1 aliphatic heterocycles. The number of nitrogens with one attached hydrogen (secondary N) is 1. The largest absolute Gasteiger partial charge is 0.444 e. The molecular weight excluding hydrogens is 354 g/mol. The van der Waals surface area contributed by atoms with Gasteiger partial charge in [-0.15, -0.1) is 0 Å². The fraction of sp³-hybridized carbons (Fsp3) is 0.500. The lowest BCUT2D eigenvalue weighted by Gasteiger charge is -2.23. The number of aliphatic imine (C=N–C) groups is 1. The Kier molecular flexibility index (Phi) is 7.38. The van der Waals surface area contributed by atoms with Gasteiger partial charge in [-0.1, -0.05) is 32.0 Å². The van der Waals surface area contributed by atoms with Crippen LogP contribution in [0.5, 0.6) is 0 Å². The van der Waals surface area contributed by atoms with E-state index >= 15 is 0 Å². The summed E-state index contributed by atoms with van der Waals surface area (Å²) in [5, 5.41) is 2.72. The van der Waals surface area contributed by atoms with Crippen molar-refractivity contribution in [2.45, 2.75) is 59.5 Å². The number of hydrogen-bond donors (Lipinski definition) is 1. The zero-order chi connectivity index (χ0) is 20.7. The molecule has 0 aliphatic carbocycles. The summed E-state index contributed by atoms with van der Waals surface area (Å²) in [6.45, 7) is 10.9. The first-order chi connectivity index (χ1) is 13.2. The minimum Gasteiger partial charge on any atom is -0.444 e. The molecule has 1 heterocycles. The van der Waals surface area contributed by atoms with E-state index in [1.165, 1.54) is 0 Å². The van der Waals surface area contributed by atoms with Crippen molar-refractivity contribution in [1.29, 1.82) is 0 Å². The van der Waals surface area contributed by atoms with Crippen LogP contribution in [0, 0.1) is 0 Å². The number of carbonyl (C=O) groups is 2. The number of carbonyl (C=O) groups excluding carboxylic acids is 2. The zero-order valence-electron chi connectivity index (χ0n) is 17.5. The summed E-state index contributed by atoms with van der Waals surface area (Å²) in [7, 11) is 0. The SMILES string of the molecule is CCCN(CCC)C(=O)C1=Cc2ccccc2N=C(NC(=O)OC(C)(C)C)C1. The molecule has 28 heavy (non-hydrogen) atoms. The Morgan fingerprint density at radius 3 is 2.39 bits per heavy atom. The van der Waals surface area contributed by atoms with Gasteiger partial charge in [-0.05, 0) is 45.8 Å². The third-order valence-corrected chi connectivity index (χ3v) is 4.07. The van der Waals surface area contributed by atoms with E-state index in [9.17, 15) is 9.59 Å². The second kappa shape index (κ2) is 9.53. The molecular formula is C22H31N3O3. The molecule has 0 unspecified atom stereocenters. The molecule has 0 radical (unpaired) electrons. The average molecular weight is 386 g/mol. The van der Waals surface area contributed by atoms with Gasteiger partial charge in [0.1, 0.15) is 11.4 Å². The molecule has 0 spiro atoms. The third kappa shape index (κ3) is 6.22. The van der Waals surface area contributed by atoms with Crippen LogP contribution in [0.3, 0.4) is 0 Å². The molecule has 1 aliphatic rings. The van der Waals surface area contributed by atoms with Crippen molar-refractivity contribution < 1.29 is 14.3 Å². The Labute approximate surface area is 167 Å². The molecule has 152 valence electrons. The highest BCUT2D eigenvalue weighted by atomic mass is 16.6. The molecule has 0 atom stereocenters. The van der Waals surface area contributed by atoms with E-state index in [1.807, 2.05) is 35.2 Å². The van der Waals surface area contributed by atoms with Gasteiger partial charge >= 0.3 is 6.09 Å². The second-order valence-electron chi connectivity index (χ2n) is 7.88. The predicted octanol–water partition coefficient (Wildman–Crippen LogP) is 4.68. The molecule has 0 bridgehead atoms.